The molecule has 1 saturated carbocycles. The average Bonchev–Trinajstić information content (AvgIpc) is 3.70. The number of halogens is 2. The van der Waals surface area contributed by atoms with Gasteiger partial charge in [-0.1, -0.05) is 78.4 Å². The van der Waals surface area contributed by atoms with E-state index in [4.69, 9.17) is 4.74 Å². The lowest BCUT2D eigenvalue weighted by Gasteiger charge is -2.27. The molecular weight excluding hydrogens is 426 g/mol. The molecule has 2 aliphatic rings. The van der Waals surface area contributed by atoms with Crippen molar-refractivity contribution in [3.63, 3.8) is 0 Å². The molecule has 2 fully saturated rings. The molecule has 0 bridgehead atoms. The Balaban J connectivity index is 1.09. The van der Waals surface area contributed by atoms with E-state index in [0.29, 0.717) is 23.7 Å². The summed E-state index contributed by atoms with van der Waals surface area (Å²) in [6.45, 7) is 2.60. The lowest BCUT2D eigenvalue weighted by atomic mass is 9.78. The highest BCUT2D eigenvalue weighted by Gasteiger charge is 2.32. The van der Waals surface area contributed by atoms with E-state index in [1.54, 1.807) is 12.1 Å². The molecule has 0 N–H and O–H groups in total. The third-order valence-corrected chi connectivity index (χ3v) is 7.38. The van der Waals surface area contributed by atoms with Gasteiger partial charge in [-0.25, -0.2) is 8.78 Å². The van der Waals surface area contributed by atoms with E-state index in [2.05, 4.69) is 67.6 Å². The fraction of sp³-hybridized carbons (Fsp3) is 0.355. The summed E-state index contributed by atoms with van der Waals surface area (Å²) in [4.78, 5) is 0. The van der Waals surface area contributed by atoms with Crippen LogP contribution in [0.25, 0.3) is 11.1 Å². The fourth-order valence-corrected chi connectivity index (χ4v) is 5.14. The van der Waals surface area contributed by atoms with Crippen LogP contribution in [0, 0.1) is 24.5 Å². The second-order valence-electron chi connectivity index (χ2n) is 9.84. The van der Waals surface area contributed by atoms with E-state index in [0.717, 1.165) is 38.5 Å². The number of hydrogen-bond donors (Lipinski definition) is 0. The van der Waals surface area contributed by atoms with E-state index in [-0.39, 0.29) is 12.0 Å². The summed E-state index contributed by atoms with van der Waals surface area (Å²) >= 11 is 0. The summed E-state index contributed by atoms with van der Waals surface area (Å²) < 4.78 is 34.1. The van der Waals surface area contributed by atoms with Crippen molar-refractivity contribution in [1.82, 2.24) is 0 Å². The number of aryl methyl sites for hydroxylation is 2. The Bertz CT molecular complexity index is 1140. The van der Waals surface area contributed by atoms with Crippen molar-refractivity contribution in [1.29, 1.82) is 0 Å². The molecule has 0 spiro atoms. The maximum absolute atomic E-state index is 14.6. The minimum absolute atomic E-state index is 0.111. The minimum Gasteiger partial charge on any atom is -0.368 e. The maximum Gasteiger partial charge on any atom is 0.165 e. The van der Waals surface area contributed by atoms with Gasteiger partial charge < -0.3 is 4.74 Å². The monoisotopic (exact) mass is 458 g/mol. The first-order valence-electron chi connectivity index (χ1n) is 12.5. The van der Waals surface area contributed by atoms with Crippen LogP contribution in [0.2, 0.25) is 0 Å². The smallest absolute Gasteiger partial charge is 0.165 e. The van der Waals surface area contributed by atoms with Gasteiger partial charge in [0.1, 0.15) is 6.10 Å². The van der Waals surface area contributed by atoms with Crippen LogP contribution in [0.3, 0.4) is 0 Å². The molecule has 3 aromatic rings. The standard InChI is InChI=1S/C31H32F2O/c1-21-6-12-24(13-7-21)25-14-8-22(9-15-25)4-2-3-5-23-10-16-26(17-11-23)27-18-19-28(29-20-34-29)31(33)30(27)32/h3,5-9,12-15,18-19,23,26,29H,2,4,10-11,16-17,20H2,1H3/b5-3+. The van der Waals surface area contributed by atoms with Gasteiger partial charge in [-0.2, -0.15) is 0 Å². The van der Waals surface area contributed by atoms with Crippen molar-refractivity contribution >= 4 is 0 Å². The van der Waals surface area contributed by atoms with Crippen molar-refractivity contribution in [3.05, 3.63) is 107 Å². The van der Waals surface area contributed by atoms with Crippen molar-refractivity contribution < 1.29 is 13.5 Å². The topological polar surface area (TPSA) is 12.5 Å². The Morgan fingerprint density at radius 3 is 2.03 bits per heavy atom. The van der Waals surface area contributed by atoms with Crippen LogP contribution in [0.4, 0.5) is 8.78 Å². The van der Waals surface area contributed by atoms with Crippen LogP contribution >= 0.6 is 0 Å². The van der Waals surface area contributed by atoms with Crippen molar-refractivity contribution in [2.45, 2.75) is 57.5 Å². The van der Waals surface area contributed by atoms with E-state index in [1.807, 2.05) is 0 Å². The quantitative estimate of drug-likeness (QED) is 0.255. The van der Waals surface area contributed by atoms with Gasteiger partial charge in [0.15, 0.2) is 11.6 Å². The molecule has 1 aliphatic heterocycles. The SMILES string of the molecule is Cc1ccc(-c2ccc(CC/C=C/C3CCC(c4ccc(C5CO5)c(F)c4F)CC3)cc2)cc1. The predicted octanol–water partition coefficient (Wildman–Crippen LogP) is 8.47. The molecule has 3 aromatic carbocycles. The Morgan fingerprint density at radius 1 is 0.794 bits per heavy atom. The summed E-state index contributed by atoms with van der Waals surface area (Å²) in [6.07, 6.45) is 10.3. The van der Waals surface area contributed by atoms with Gasteiger partial charge >= 0.3 is 0 Å². The first-order chi connectivity index (χ1) is 16.6. The van der Waals surface area contributed by atoms with E-state index in [9.17, 15) is 8.78 Å². The Morgan fingerprint density at radius 2 is 1.38 bits per heavy atom. The number of rotatable bonds is 7. The van der Waals surface area contributed by atoms with Crippen molar-refractivity contribution in [3.8, 4) is 11.1 Å². The third-order valence-electron chi connectivity index (χ3n) is 7.38. The fourth-order valence-electron chi connectivity index (χ4n) is 5.14. The largest absolute Gasteiger partial charge is 0.368 e. The molecule has 0 amide bonds. The second kappa shape index (κ2) is 10.2. The Hall–Kier alpha value is -2.78. The highest BCUT2D eigenvalue weighted by atomic mass is 19.2. The zero-order chi connectivity index (χ0) is 23.5. The van der Waals surface area contributed by atoms with Gasteiger partial charge in [0.25, 0.3) is 0 Å². The molecule has 1 heterocycles. The van der Waals surface area contributed by atoms with Gasteiger partial charge in [-0.05, 0) is 79.5 Å². The Labute approximate surface area is 201 Å². The summed E-state index contributed by atoms with van der Waals surface area (Å²) in [5.74, 6) is -0.734. The summed E-state index contributed by atoms with van der Waals surface area (Å²) in [7, 11) is 0. The van der Waals surface area contributed by atoms with Gasteiger partial charge in [0.2, 0.25) is 0 Å². The Kier molecular flexibility index (Phi) is 6.92. The van der Waals surface area contributed by atoms with Gasteiger partial charge in [0, 0.05) is 5.56 Å². The van der Waals surface area contributed by atoms with Crippen LogP contribution < -0.4 is 0 Å². The molecule has 3 heteroatoms. The van der Waals surface area contributed by atoms with E-state index >= 15 is 0 Å². The number of epoxide rings is 1. The minimum atomic E-state index is -0.714. The molecule has 0 radical (unpaired) electrons. The zero-order valence-electron chi connectivity index (χ0n) is 19.8. The number of benzene rings is 3. The number of hydrogen-bond acceptors (Lipinski definition) is 1. The second-order valence-corrected chi connectivity index (χ2v) is 9.84. The third kappa shape index (κ3) is 5.31. The average molecular weight is 459 g/mol. The zero-order valence-corrected chi connectivity index (χ0v) is 19.8. The number of ether oxygens (including phenoxy) is 1. The predicted molar refractivity (Wildman–Crippen MR) is 134 cm³/mol. The van der Waals surface area contributed by atoms with Crippen molar-refractivity contribution in [2.24, 2.45) is 5.92 Å². The summed E-state index contributed by atoms with van der Waals surface area (Å²) in [5, 5.41) is 0. The van der Waals surface area contributed by atoms with Crippen LogP contribution in [-0.2, 0) is 11.2 Å². The molecule has 1 saturated heterocycles. The highest BCUT2D eigenvalue weighted by Crippen LogP contribution is 2.40. The molecule has 176 valence electrons. The van der Waals surface area contributed by atoms with Gasteiger partial charge in [0.05, 0.1) is 6.61 Å². The molecule has 1 nitrogen and oxygen atoms in total. The van der Waals surface area contributed by atoms with Crippen LogP contribution in [-0.4, -0.2) is 6.61 Å². The lowest BCUT2D eigenvalue weighted by molar-refractivity contribution is 0.360. The molecule has 34 heavy (non-hydrogen) atoms. The molecule has 1 unspecified atom stereocenters. The van der Waals surface area contributed by atoms with Gasteiger partial charge in [-0.3, -0.25) is 0 Å². The van der Waals surface area contributed by atoms with E-state index in [1.165, 1.54) is 22.3 Å². The summed E-state index contributed by atoms with van der Waals surface area (Å²) in [5.41, 5.74) is 6.04. The van der Waals surface area contributed by atoms with E-state index < -0.39 is 11.6 Å². The molecule has 0 aromatic heterocycles. The first kappa shape index (κ1) is 23.0. The molecule has 1 aliphatic carbocycles. The maximum atomic E-state index is 14.6. The van der Waals surface area contributed by atoms with Crippen molar-refractivity contribution in [2.75, 3.05) is 6.61 Å². The van der Waals surface area contributed by atoms with Crippen LogP contribution in [0.15, 0.2) is 72.8 Å². The first-order valence-corrected chi connectivity index (χ1v) is 12.5. The van der Waals surface area contributed by atoms with Crippen LogP contribution in [0.1, 0.15) is 66.4 Å². The molecule has 5 rings (SSSR count). The number of allylic oxidation sites excluding steroid dienone is 2. The highest BCUT2D eigenvalue weighted by molar-refractivity contribution is 5.63. The summed E-state index contributed by atoms with van der Waals surface area (Å²) in [6, 6.07) is 21.0. The lowest BCUT2D eigenvalue weighted by Crippen LogP contribution is -2.14. The normalized spacial score (nSPS) is 22.3. The van der Waals surface area contributed by atoms with Gasteiger partial charge in [-0.15, -0.1) is 0 Å². The molecular formula is C31H32F2O. The van der Waals surface area contributed by atoms with Crippen LogP contribution in [0.5, 0.6) is 0 Å². The molecule has 1 atom stereocenters.